The molecule has 3 heterocycles. The van der Waals surface area contributed by atoms with E-state index in [9.17, 15) is 4.79 Å². The van der Waals surface area contributed by atoms with Crippen molar-refractivity contribution in [2.75, 3.05) is 13.7 Å². The van der Waals surface area contributed by atoms with Crippen LogP contribution >= 0.6 is 11.6 Å². The number of imidazole rings is 1. The zero-order valence-corrected chi connectivity index (χ0v) is 20.1. The van der Waals surface area contributed by atoms with Crippen LogP contribution in [0.5, 0.6) is 5.75 Å². The van der Waals surface area contributed by atoms with Gasteiger partial charge in [-0.3, -0.25) is 4.79 Å². The average molecular weight is 467 g/mol. The van der Waals surface area contributed by atoms with E-state index in [0.717, 1.165) is 22.5 Å². The summed E-state index contributed by atoms with van der Waals surface area (Å²) >= 11 is 5.93. The first kappa shape index (κ1) is 22.9. The lowest BCUT2D eigenvalue weighted by Gasteiger charge is -2.42. The molecule has 1 amide bonds. The molecule has 1 aliphatic rings. The predicted octanol–water partition coefficient (Wildman–Crippen LogP) is 4.98. The molecule has 1 fully saturated rings. The summed E-state index contributed by atoms with van der Waals surface area (Å²) in [6.45, 7) is 8.31. The topological polar surface area (TPSA) is 69.5 Å². The van der Waals surface area contributed by atoms with Crippen molar-refractivity contribution < 1.29 is 14.3 Å². The maximum atomic E-state index is 13.4. The quantitative estimate of drug-likeness (QED) is 0.392. The Morgan fingerprint density at radius 3 is 2.67 bits per heavy atom. The molecule has 1 atom stereocenters. The summed E-state index contributed by atoms with van der Waals surface area (Å²) in [4.78, 5) is 23.6. The third kappa shape index (κ3) is 4.88. The van der Waals surface area contributed by atoms with Gasteiger partial charge in [0.25, 0.3) is 5.91 Å². The fourth-order valence-electron chi connectivity index (χ4n) is 3.92. The Kier molecular flexibility index (Phi) is 6.17. The second kappa shape index (κ2) is 8.90. The number of hydrogen-bond acceptors (Lipinski definition) is 5. The molecule has 4 rings (SSSR count). The van der Waals surface area contributed by atoms with Crippen LogP contribution < -0.4 is 4.74 Å². The van der Waals surface area contributed by atoms with Gasteiger partial charge in [0.2, 0.25) is 0 Å². The molecule has 0 saturated carbocycles. The Hall–Kier alpha value is -3.32. The number of carbonyl (C=O) groups is 1. The lowest BCUT2D eigenvalue weighted by atomic mass is 10.0. The highest BCUT2D eigenvalue weighted by Gasteiger charge is 2.39. The highest BCUT2D eigenvalue weighted by molar-refractivity contribution is 6.29. The van der Waals surface area contributed by atoms with Gasteiger partial charge in [-0.1, -0.05) is 23.7 Å². The highest BCUT2D eigenvalue weighted by Crippen LogP contribution is 2.33. The Morgan fingerprint density at radius 2 is 2.03 bits per heavy atom. The lowest BCUT2D eigenvalue weighted by Crippen LogP contribution is -2.51. The number of morpholine rings is 1. The minimum Gasteiger partial charge on any atom is -0.495 e. The van der Waals surface area contributed by atoms with Crippen LogP contribution in [0.1, 0.15) is 43.6 Å². The molecule has 0 unspecified atom stereocenters. The second-order valence-electron chi connectivity index (χ2n) is 8.75. The summed E-state index contributed by atoms with van der Waals surface area (Å²) in [5, 5.41) is 0.420. The van der Waals surface area contributed by atoms with E-state index in [1.165, 1.54) is 0 Å². The van der Waals surface area contributed by atoms with Crippen LogP contribution in [-0.2, 0) is 9.53 Å². The molecule has 8 heteroatoms. The monoisotopic (exact) mass is 466 g/mol. The van der Waals surface area contributed by atoms with Gasteiger partial charge in [0.1, 0.15) is 16.5 Å². The molecule has 0 spiro atoms. The van der Waals surface area contributed by atoms with Crippen molar-refractivity contribution in [1.29, 1.82) is 0 Å². The van der Waals surface area contributed by atoms with Crippen LogP contribution in [-0.4, -0.2) is 44.6 Å². The molecule has 172 valence electrons. The molecule has 0 aliphatic carbocycles. The van der Waals surface area contributed by atoms with Gasteiger partial charge in [0, 0.05) is 12.4 Å². The molecular weight excluding hydrogens is 440 g/mol. The molecule has 7 nitrogen and oxygen atoms in total. The summed E-state index contributed by atoms with van der Waals surface area (Å²) < 4.78 is 13.6. The summed E-state index contributed by atoms with van der Waals surface area (Å²) in [5.41, 5.74) is 2.94. The summed E-state index contributed by atoms with van der Waals surface area (Å²) in [6.07, 6.45) is 7.13. The van der Waals surface area contributed by atoms with Crippen molar-refractivity contribution in [2.24, 2.45) is 0 Å². The van der Waals surface area contributed by atoms with Crippen molar-refractivity contribution in [1.82, 2.24) is 19.4 Å². The van der Waals surface area contributed by atoms with Crippen molar-refractivity contribution in [2.45, 2.75) is 39.3 Å². The number of methoxy groups -OCH3 is 1. The first-order valence-electron chi connectivity index (χ1n) is 10.7. The van der Waals surface area contributed by atoms with E-state index in [0.29, 0.717) is 17.4 Å². The number of aromatic nitrogens is 3. The normalized spacial score (nSPS) is 17.7. The largest absolute Gasteiger partial charge is 0.495 e. The van der Waals surface area contributed by atoms with Gasteiger partial charge in [-0.15, -0.1) is 0 Å². The fraction of sp³-hybridized carbons (Fsp3) is 0.320. The van der Waals surface area contributed by atoms with Gasteiger partial charge in [0.05, 0.1) is 37.4 Å². The van der Waals surface area contributed by atoms with Crippen LogP contribution in [0.4, 0.5) is 0 Å². The van der Waals surface area contributed by atoms with E-state index >= 15 is 0 Å². The highest BCUT2D eigenvalue weighted by atomic mass is 35.5. The predicted molar refractivity (Wildman–Crippen MR) is 127 cm³/mol. The number of amides is 1. The lowest BCUT2D eigenvalue weighted by molar-refractivity contribution is -0.149. The molecule has 1 aliphatic heterocycles. The van der Waals surface area contributed by atoms with E-state index in [4.69, 9.17) is 21.1 Å². The van der Waals surface area contributed by atoms with Crippen molar-refractivity contribution in [3.8, 4) is 11.4 Å². The molecule has 0 N–H and O–H groups in total. The third-order valence-electron chi connectivity index (χ3n) is 5.60. The SMILES string of the molecule is COc1cc(C=C2OC(C)(C)CN([C@@H](C)c3ccc(Cl)nc3)C2=O)ccc1-n1cnc(C)c1. The number of halogens is 1. The minimum atomic E-state index is -0.549. The first-order chi connectivity index (χ1) is 15.7. The molecule has 2 aromatic heterocycles. The Morgan fingerprint density at radius 1 is 1.24 bits per heavy atom. The number of nitrogens with zero attached hydrogens (tertiary/aromatic N) is 4. The van der Waals surface area contributed by atoms with E-state index < -0.39 is 5.60 Å². The fourth-order valence-corrected chi connectivity index (χ4v) is 4.03. The van der Waals surface area contributed by atoms with Crippen molar-refractivity contribution in [3.05, 3.63) is 76.8 Å². The van der Waals surface area contributed by atoms with Crippen molar-refractivity contribution in [3.63, 3.8) is 0 Å². The number of carbonyl (C=O) groups excluding carboxylic acids is 1. The molecule has 1 saturated heterocycles. The van der Waals surface area contributed by atoms with Gasteiger partial charge < -0.3 is 18.9 Å². The van der Waals surface area contributed by atoms with E-state index in [2.05, 4.69) is 9.97 Å². The van der Waals surface area contributed by atoms with E-state index in [1.807, 2.05) is 62.7 Å². The average Bonchev–Trinajstić information content (AvgIpc) is 3.21. The standard InChI is InChI=1S/C25H27ClN4O3/c1-16-13-29(15-28-16)20-8-6-18(10-21(20)32-5)11-22-24(31)30(14-25(3,4)33-22)17(2)19-7-9-23(26)27-12-19/h6-13,15,17H,14H2,1-5H3/t17-/m0/s1. The molecule has 33 heavy (non-hydrogen) atoms. The maximum absolute atomic E-state index is 13.4. The minimum absolute atomic E-state index is 0.176. The number of pyridine rings is 1. The van der Waals surface area contributed by atoms with Crippen LogP contribution in [0.3, 0.4) is 0 Å². The molecule has 3 aromatic rings. The Bertz CT molecular complexity index is 1200. The van der Waals surface area contributed by atoms with Gasteiger partial charge in [0.15, 0.2) is 5.76 Å². The Balaban J connectivity index is 1.66. The number of aryl methyl sites for hydroxylation is 1. The Labute approximate surface area is 198 Å². The molecule has 1 aromatic carbocycles. The maximum Gasteiger partial charge on any atom is 0.289 e. The summed E-state index contributed by atoms with van der Waals surface area (Å²) in [5.74, 6) is 0.778. The van der Waals surface area contributed by atoms with Crippen LogP contribution in [0.2, 0.25) is 5.15 Å². The van der Waals surface area contributed by atoms with Gasteiger partial charge in [-0.05, 0) is 63.1 Å². The molecular formula is C25H27ClN4O3. The van der Waals surface area contributed by atoms with Crippen LogP contribution in [0.15, 0.2) is 54.8 Å². The number of hydrogen-bond donors (Lipinski definition) is 0. The molecule has 0 radical (unpaired) electrons. The van der Waals surface area contributed by atoms with Crippen LogP contribution in [0.25, 0.3) is 11.8 Å². The smallest absolute Gasteiger partial charge is 0.289 e. The van der Waals surface area contributed by atoms with E-state index in [-0.39, 0.29) is 17.7 Å². The first-order valence-corrected chi connectivity index (χ1v) is 11.1. The van der Waals surface area contributed by atoms with Gasteiger partial charge in [-0.25, -0.2) is 9.97 Å². The second-order valence-corrected chi connectivity index (χ2v) is 9.13. The molecule has 0 bridgehead atoms. The number of rotatable bonds is 5. The summed E-state index contributed by atoms with van der Waals surface area (Å²) in [6, 6.07) is 9.18. The van der Waals surface area contributed by atoms with Crippen LogP contribution in [0, 0.1) is 6.92 Å². The third-order valence-corrected chi connectivity index (χ3v) is 5.82. The summed E-state index contributed by atoms with van der Waals surface area (Å²) in [7, 11) is 1.62. The van der Waals surface area contributed by atoms with Crippen molar-refractivity contribution >= 4 is 23.6 Å². The number of benzene rings is 1. The zero-order valence-electron chi connectivity index (χ0n) is 19.4. The van der Waals surface area contributed by atoms with Gasteiger partial charge in [-0.2, -0.15) is 0 Å². The zero-order chi connectivity index (χ0) is 23.8. The number of ether oxygens (including phenoxy) is 2. The van der Waals surface area contributed by atoms with E-state index in [1.54, 1.807) is 36.7 Å². The van der Waals surface area contributed by atoms with Gasteiger partial charge >= 0.3 is 0 Å².